The molecule has 3 heteroatoms. The van der Waals surface area contributed by atoms with Crippen LogP contribution in [0.2, 0.25) is 0 Å². The van der Waals surface area contributed by atoms with E-state index in [0.29, 0.717) is 0 Å². The molecule has 0 saturated carbocycles. The number of hydrogen-bond acceptors (Lipinski definition) is 3. The van der Waals surface area contributed by atoms with Crippen LogP contribution in [0.4, 0.5) is 0 Å². The minimum Gasteiger partial charge on any atom is -0.298 e. The number of piperidine rings is 1. The van der Waals surface area contributed by atoms with Gasteiger partial charge in [-0.1, -0.05) is 18.6 Å². The average molecular weight is 255 g/mol. The van der Waals surface area contributed by atoms with Crippen molar-refractivity contribution >= 4 is 0 Å². The van der Waals surface area contributed by atoms with Crippen molar-refractivity contribution in [1.82, 2.24) is 9.80 Å². The maximum Gasteiger partial charge on any atom is 0.0991 e. The molecule has 19 heavy (non-hydrogen) atoms. The van der Waals surface area contributed by atoms with Crippen molar-refractivity contribution < 1.29 is 0 Å². The van der Waals surface area contributed by atoms with E-state index >= 15 is 0 Å². The third kappa shape index (κ3) is 2.97. The standard InChI is InChI=1S/C16H21N3/c17-11-14-4-3-5-15(10-14)12-18-8-9-19-7-2-1-6-16(19)13-18/h3-5,10,16H,1-2,6-9,12-13H2. The van der Waals surface area contributed by atoms with Crippen molar-refractivity contribution in [2.45, 2.75) is 31.8 Å². The lowest BCUT2D eigenvalue weighted by molar-refractivity contribution is 0.0457. The molecule has 1 aromatic carbocycles. The summed E-state index contributed by atoms with van der Waals surface area (Å²) >= 11 is 0. The van der Waals surface area contributed by atoms with Gasteiger partial charge in [0.2, 0.25) is 0 Å². The van der Waals surface area contributed by atoms with Crippen LogP contribution < -0.4 is 0 Å². The second-order valence-electron chi connectivity index (χ2n) is 5.73. The fourth-order valence-electron chi connectivity index (χ4n) is 3.36. The SMILES string of the molecule is N#Cc1cccc(CN2CCN3CCCCC3C2)c1. The zero-order valence-corrected chi connectivity index (χ0v) is 11.4. The van der Waals surface area contributed by atoms with Crippen LogP contribution in [0.5, 0.6) is 0 Å². The lowest BCUT2D eigenvalue weighted by atomic mass is 9.99. The average Bonchev–Trinajstić information content (AvgIpc) is 2.47. The first-order chi connectivity index (χ1) is 9.35. The van der Waals surface area contributed by atoms with Crippen molar-refractivity contribution in [2.75, 3.05) is 26.2 Å². The molecular weight excluding hydrogens is 234 g/mol. The Hall–Kier alpha value is -1.37. The van der Waals surface area contributed by atoms with Crippen LogP contribution in [0.25, 0.3) is 0 Å². The van der Waals surface area contributed by atoms with E-state index in [1.807, 2.05) is 18.2 Å². The molecule has 0 aliphatic carbocycles. The van der Waals surface area contributed by atoms with Gasteiger partial charge in [0, 0.05) is 32.2 Å². The number of rotatable bonds is 2. The van der Waals surface area contributed by atoms with E-state index in [2.05, 4.69) is 21.9 Å². The second-order valence-corrected chi connectivity index (χ2v) is 5.73. The van der Waals surface area contributed by atoms with E-state index in [1.165, 1.54) is 44.5 Å². The molecule has 2 heterocycles. The number of benzene rings is 1. The van der Waals surface area contributed by atoms with Crippen molar-refractivity contribution in [3.05, 3.63) is 35.4 Å². The predicted molar refractivity (Wildman–Crippen MR) is 75.6 cm³/mol. The Morgan fingerprint density at radius 3 is 3.05 bits per heavy atom. The number of fused-ring (bicyclic) bond motifs is 1. The third-order valence-corrected chi connectivity index (χ3v) is 4.38. The summed E-state index contributed by atoms with van der Waals surface area (Å²) in [5, 5.41) is 8.95. The number of nitriles is 1. The summed E-state index contributed by atoms with van der Waals surface area (Å²) < 4.78 is 0. The van der Waals surface area contributed by atoms with Gasteiger partial charge in [0.1, 0.15) is 0 Å². The topological polar surface area (TPSA) is 30.3 Å². The Bertz CT molecular complexity index is 477. The molecule has 0 radical (unpaired) electrons. The molecule has 2 saturated heterocycles. The summed E-state index contributed by atoms with van der Waals surface area (Å²) in [7, 11) is 0. The van der Waals surface area contributed by atoms with E-state index in [9.17, 15) is 0 Å². The quantitative estimate of drug-likeness (QED) is 0.812. The summed E-state index contributed by atoms with van der Waals surface area (Å²) in [5.41, 5.74) is 2.04. The summed E-state index contributed by atoms with van der Waals surface area (Å²) in [4.78, 5) is 5.20. The maximum atomic E-state index is 8.95. The highest BCUT2D eigenvalue weighted by Crippen LogP contribution is 2.22. The molecule has 2 fully saturated rings. The Morgan fingerprint density at radius 1 is 1.21 bits per heavy atom. The normalized spacial score (nSPS) is 24.7. The van der Waals surface area contributed by atoms with E-state index in [0.717, 1.165) is 24.7 Å². The Balaban J connectivity index is 1.62. The predicted octanol–water partition coefficient (Wildman–Crippen LogP) is 2.23. The molecule has 2 aliphatic rings. The molecular formula is C16H21N3. The Kier molecular flexibility index (Phi) is 3.82. The van der Waals surface area contributed by atoms with Gasteiger partial charge in [-0.15, -0.1) is 0 Å². The minimum atomic E-state index is 0.765. The summed E-state index contributed by atoms with van der Waals surface area (Å²) in [6.45, 7) is 5.84. The van der Waals surface area contributed by atoms with Gasteiger partial charge in [0.15, 0.2) is 0 Å². The van der Waals surface area contributed by atoms with E-state index < -0.39 is 0 Å². The molecule has 0 spiro atoms. The molecule has 1 unspecified atom stereocenters. The van der Waals surface area contributed by atoms with Gasteiger partial charge in [0.25, 0.3) is 0 Å². The molecule has 100 valence electrons. The van der Waals surface area contributed by atoms with E-state index in [-0.39, 0.29) is 0 Å². The monoisotopic (exact) mass is 255 g/mol. The van der Waals surface area contributed by atoms with E-state index in [4.69, 9.17) is 5.26 Å². The summed E-state index contributed by atoms with van der Waals surface area (Å²) in [6, 6.07) is 11.0. The molecule has 3 nitrogen and oxygen atoms in total. The van der Waals surface area contributed by atoms with Gasteiger partial charge in [-0.2, -0.15) is 5.26 Å². The molecule has 0 N–H and O–H groups in total. The van der Waals surface area contributed by atoms with Gasteiger partial charge in [0.05, 0.1) is 11.6 Å². The number of nitrogens with zero attached hydrogens (tertiary/aromatic N) is 3. The fourth-order valence-corrected chi connectivity index (χ4v) is 3.36. The molecule has 1 atom stereocenters. The fraction of sp³-hybridized carbons (Fsp3) is 0.562. The molecule has 2 aliphatic heterocycles. The van der Waals surface area contributed by atoms with Gasteiger partial charge >= 0.3 is 0 Å². The molecule has 3 rings (SSSR count). The van der Waals surface area contributed by atoms with Crippen LogP contribution >= 0.6 is 0 Å². The lowest BCUT2D eigenvalue weighted by Gasteiger charge is -2.44. The smallest absolute Gasteiger partial charge is 0.0991 e. The van der Waals surface area contributed by atoms with Gasteiger partial charge < -0.3 is 0 Å². The van der Waals surface area contributed by atoms with Crippen LogP contribution in [-0.4, -0.2) is 42.0 Å². The summed E-state index contributed by atoms with van der Waals surface area (Å²) in [5.74, 6) is 0. The van der Waals surface area contributed by atoms with Crippen molar-refractivity contribution in [2.24, 2.45) is 0 Å². The van der Waals surface area contributed by atoms with E-state index in [1.54, 1.807) is 0 Å². The highest BCUT2D eigenvalue weighted by atomic mass is 15.3. The van der Waals surface area contributed by atoms with Crippen molar-refractivity contribution in [3.8, 4) is 6.07 Å². The third-order valence-electron chi connectivity index (χ3n) is 4.38. The zero-order chi connectivity index (χ0) is 13.1. The van der Waals surface area contributed by atoms with Crippen LogP contribution in [0.1, 0.15) is 30.4 Å². The van der Waals surface area contributed by atoms with Crippen molar-refractivity contribution in [1.29, 1.82) is 5.26 Å². The molecule has 1 aromatic rings. The first kappa shape index (κ1) is 12.7. The van der Waals surface area contributed by atoms with Gasteiger partial charge in [-0.3, -0.25) is 9.80 Å². The first-order valence-corrected chi connectivity index (χ1v) is 7.30. The van der Waals surface area contributed by atoms with Crippen LogP contribution in [0, 0.1) is 11.3 Å². The molecule has 0 bridgehead atoms. The first-order valence-electron chi connectivity index (χ1n) is 7.30. The maximum absolute atomic E-state index is 8.95. The Labute approximate surface area is 115 Å². The second kappa shape index (κ2) is 5.73. The largest absolute Gasteiger partial charge is 0.298 e. The summed E-state index contributed by atoms with van der Waals surface area (Å²) in [6.07, 6.45) is 4.12. The molecule has 0 aromatic heterocycles. The highest BCUT2D eigenvalue weighted by molar-refractivity contribution is 5.32. The minimum absolute atomic E-state index is 0.765. The van der Waals surface area contributed by atoms with Gasteiger partial charge in [-0.25, -0.2) is 0 Å². The number of piperazine rings is 1. The number of hydrogen-bond donors (Lipinski definition) is 0. The van der Waals surface area contributed by atoms with Crippen molar-refractivity contribution in [3.63, 3.8) is 0 Å². The van der Waals surface area contributed by atoms with Gasteiger partial charge in [-0.05, 0) is 37.1 Å². The zero-order valence-electron chi connectivity index (χ0n) is 11.4. The van der Waals surface area contributed by atoms with Crippen LogP contribution in [0.15, 0.2) is 24.3 Å². The van der Waals surface area contributed by atoms with Crippen LogP contribution in [-0.2, 0) is 6.54 Å². The Morgan fingerprint density at radius 2 is 2.16 bits per heavy atom. The highest BCUT2D eigenvalue weighted by Gasteiger charge is 2.28. The van der Waals surface area contributed by atoms with Crippen LogP contribution in [0.3, 0.4) is 0 Å². The molecule has 0 amide bonds. The lowest BCUT2D eigenvalue weighted by Crippen LogP contribution is -2.54.